The molecule has 0 amide bonds. The van der Waals surface area contributed by atoms with E-state index in [0.717, 1.165) is 17.9 Å². The summed E-state index contributed by atoms with van der Waals surface area (Å²) < 4.78 is 0. The van der Waals surface area contributed by atoms with Gasteiger partial charge < -0.3 is 10.2 Å². The summed E-state index contributed by atoms with van der Waals surface area (Å²) in [4.78, 5) is 2.53. The van der Waals surface area contributed by atoms with Crippen molar-refractivity contribution in [2.45, 2.75) is 31.7 Å². The first-order valence-electron chi connectivity index (χ1n) is 5.67. The number of nitrogens with zero attached hydrogens (tertiary/aromatic N) is 1. The van der Waals surface area contributed by atoms with Crippen LogP contribution in [0.2, 0.25) is 0 Å². The lowest BCUT2D eigenvalue weighted by molar-refractivity contribution is 0.0238. The van der Waals surface area contributed by atoms with Gasteiger partial charge in [-0.05, 0) is 45.4 Å². The highest BCUT2D eigenvalue weighted by Crippen LogP contribution is 2.39. The zero-order valence-electron chi connectivity index (χ0n) is 8.92. The lowest BCUT2D eigenvalue weighted by atomic mass is 9.70. The molecule has 2 nitrogen and oxygen atoms in total. The lowest BCUT2D eigenvalue weighted by Gasteiger charge is -2.48. The summed E-state index contributed by atoms with van der Waals surface area (Å²) in [5, 5.41) is 3.36. The number of hydrogen-bond acceptors (Lipinski definition) is 2. The standard InChI is InChI=1S/C11H22N2/c1-12-8-10(9-4-3-5-9)11-6-7-13(11)2/h9-12H,3-8H2,1-2H3. The Morgan fingerprint density at radius 2 is 2.15 bits per heavy atom. The Labute approximate surface area is 81.7 Å². The van der Waals surface area contributed by atoms with Gasteiger partial charge >= 0.3 is 0 Å². The smallest absolute Gasteiger partial charge is 0.0147 e. The van der Waals surface area contributed by atoms with Gasteiger partial charge in [0.05, 0.1) is 0 Å². The number of likely N-dealkylation sites (tertiary alicyclic amines) is 1. The van der Waals surface area contributed by atoms with Crippen molar-refractivity contribution < 1.29 is 0 Å². The van der Waals surface area contributed by atoms with Crippen molar-refractivity contribution in [2.75, 3.05) is 27.2 Å². The molecule has 1 aliphatic heterocycles. The number of rotatable bonds is 4. The summed E-state index contributed by atoms with van der Waals surface area (Å²) in [6.07, 6.45) is 5.87. The Morgan fingerprint density at radius 3 is 2.46 bits per heavy atom. The average molecular weight is 182 g/mol. The van der Waals surface area contributed by atoms with Crippen molar-refractivity contribution in [2.24, 2.45) is 11.8 Å². The maximum absolute atomic E-state index is 3.36. The maximum atomic E-state index is 3.36. The van der Waals surface area contributed by atoms with Crippen LogP contribution in [-0.2, 0) is 0 Å². The van der Waals surface area contributed by atoms with E-state index in [1.807, 2.05) is 0 Å². The van der Waals surface area contributed by atoms with Crippen molar-refractivity contribution in [1.29, 1.82) is 0 Å². The van der Waals surface area contributed by atoms with E-state index in [1.54, 1.807) is 0 Å². The van der Waals surface area contributed by atoms with E-state index < -0.39 is 0 Å². The summed E-state index contributed by atoms with van der Waals surface area (Å²) in [6.45, 7) is 2.54. The van der Waals surface area contributed by atoms with Gasteiger partial charge in [0.2, 0.25) is 0 Å². The van der Waals surface area contributed by atoms with Gasteiger partial charge in [0.1, 0.15) is 0 Å². The summed E-state index contributed by atoms with van der Waals surface area (Å²) in [5.41, 5.74) is 0. The Hall–Kier alpha value is -0.0800. The molecule has 1 aliphatic carbocycles. The van der Waals surface area contributed by atoms with Gasteiger partial charge in [0.15, 0.2) is 0 Å². The van der Waals surface area contributed by atoms with E-state index in [1.165, 1.54) is 38.8 Å². The minimum Gasteiger partial charge on any atom is -0.319 e. The van der Waals surface area contributed by atoms with Gasteiger partial charge in [0.25, 0.3) is 0 Å². The van der Waals surface area contributed by atoms with Crippen molar-refractivity contribution >= 4 is 0 Å². The molecule has 0 aromatic carbocycles. The molecule has 2 aliphatic rings. The van der Waals surface area contributed by atoms with Crippen LogP contribution in [0.1, 0.15) is 25.7 Å². The first-order chi connectivity index (χ1) is 6.33. The summed E-state index contributed by atoms with van der Waals surface area (Å²) in [7, 11) is 4.36. The topological polar surface area (TPSA) is 15.3 Å². The molecule has 1 saturated heterocycles. The van der Waals surface area contributed by atoms with Crippen LogP contribution in [0, 0.1) is 11.8 Å². The zero-order valence-corrected chi connectivity index (χ0v) is 8.92. The molecule has 76 valence electrons. The monoisotopic (exact) mass is 182 g/mol. The Kier molecular flexibility index (Phi) is 2.89. The number of nitrogens with one attached hydrogen (secondary N) is 1. The zero-order chi connectivity index (χ0) is 9.26. The molecule has 13 heavy (non-hydrogen) atoms. The van der Waals surface area contributed by atoms with Gasteiger partial charge in [-0.3, -0.25) is 0 Å². The highest BCUT2D eigenvalue weighted by Gasteiger charge is 2.38. The minimum absolute atomic E-state index is 0.887. The van der Waals surface area contributed by atoms with Crippen LogP contribution in [0.15, 0.2) is 0 Å². The minimum atomic E-state index is 0.887. The Morgan fingerprint density at radius 1 is 1.38 bits per heavy atom. The second kappa shape index (κ2) is 3.97. The van der Waals surface area contributed by atoms with Gasteiger partial charge in [-0.2, -0.15) is 0 Å². The molecule has 2 rings (SSSR count). The average Bonchev–Trinajstić information content (AvgIpc) is 1.99. The summed E-state index contributed by atoms with van der Waals surface area (Å²) in [6, 6.07) is 0.887. The molecule has 2 atom stereocenters. The molecular weight excluding hydrogens is 160 g/mol. The fourth-order valence-corrected chi connectivity index (χ4v) is 2.80. The highest BCUT2D eigenvalue weighted by molar-refractivity contribution is 4.92. The predicted molar refractivity (Wildman–Crippen MR) is 55.8 cm³/mol. The molecule has 1 saturated carbocycles. The second-order valence-corrected chi connectivity index (χ2v) is 4.75. The van der Waals surface area contributed by atoms with Crippen molar-refractivity contribution in [3.63, 3.8) is 0 Å². The molecule has 0 bridgehead atoms. The van der Waals surface area contributed by atoms with Crippen molar-refractivity contribution in [3.8, 4) is 0 Å². The SMILES string of the molecule is CNCC(C1CCC1)C1CCN1C. The molecule has 0 aromatic rings. The van der Waals surface area contributed by atoms with Crippen LogP contribution in [0.4, 0.5) is 0 Å². The van der Waals surface area contributed by atoms with E-state index in [0.29, 0.717) is 0 Å². The van der Waals surface area contributed by atoms with Gasteiger partial charge in [-0.1, -0.05) is 19.3 Å². The van der Waals surface area contributed by atoms with Crippen LogP contribution in [0.5, 0.6) is 0 Å². The molecular formula is C11H22N2. The van der Waals surface area contributed by atoms with Crippen LogP contribution in [0.3, 0.4) is 0 Å². The molecule has 1 N–H and O–H groups in total. The molecule has 1 heterocycles. The van der Waals surface area contributed by atoms with Crippen molar-refractivity contribution in [1.82, 2.24) is 10.2 Å². The first-order valence-corrected chi connectivity index (χ1v) is 5.67. The summed E-state index contributed by atoms with van der Waals surface area (Å²) in [5.74, 6) is 1.96. The van der Waals surface area contributed by atoms with E-state index >= 15 is 0 Å². The fraction of sp³-hybridized carbons (Fsp3) is 1.00. The van der Waals surface area contributed by atoms with Gasteiger partial charge in [-0.25, -0.2) is 0 Å². The van der Waals surface area contributed by atoms with Crippen LogP contribution in [-0.4, -0.2) is 38.1 Å². The third-order valence-electron chi connectivity index (χ3n) is 4.03. The third-order valence-corrected chi connectivity index (χ3v) is 4.03. The Bertz CT molecular complexity index is 165. The van der Waals surface area contributed by atoms with E-state index in [2.05, 4.69) is 24.3 Å². The maximum Gasteiger partial charge on any atom is 0.0147 e. The Balaban J connectivity index is 1.88. The largest absolute Gasteiger partial charge is 0.319 e. The predicted octanol–water partition coefficient (Wildman–Crippen LogP) is 1.33. The number of hydrogen-bond donors (Lipinski definition) is 1. The van der Waals surface area contributed by atoms with Crippen LogP contribution in [0.25, 0.3) is 0 Å². The molecule has 2 heteroatoms. The first kappa shape index (κ1) is 9.47. The molecule has 0 spiro atoms. The fourth-order valence-electron chi connectivity index (χ4n) is 2.80. The van der Waals surface area contributed by atoms with E-state index in [9.17, 15) is 0 Å². The van der Waals surface area contributed by atoms with Crippen LogP contribution >= 0.6 is 0 Å². The molecule has 0 radical (unpaired) electrons. The van der Waals surface area contributed by atoms with Crippen LogP contribution < -0.4 is 5.32 Å². The highest BCUT2D eigenvalue weighted by atomic mass is 15.2. The van der Waals surface area contributed by atoms with Gasteiger partial charge in [0, 0.05) is 6.04 Å². The van der Waals surface area contributed by atoms with E-state index in [4.69, 9.17) is 0 Å². The molecule has 2 unspecified atom stereocenters. The normalized spacial score (nSPS) is 32.3. The van der Waals surface area contributed by atoms with E-state index in [-0.39, 0.29) is 0 Å². The molecule has 0 aromatic heterocycles. The summed E-state index contributed by atoms with van der Waals surface area (Å²) >= 11 is 0. The molecule has 2 fully saturated rings. The van der Waals surface area contributed by atoms with Gasteiger partial charge in [-0.15, -0.1) is 0 Å². The quantitative estimate of drug-likeness (QED) is 0.705. The van der Waals surface area contributed by atoms with Crippen molar-refractivity contribution in [3.05, 3.63) is 0 Å². The second-order valence-electron chi connectivity index (χ2n) is 4.75. The third kappa shape index (κ3) is 1.75. The lowest BCUT2D eigenvalue weighted by Crippen LogP contribution is -2.54.